The van der Waals surface area contributed by atoms with E-state index in [1.54, 1.807) is 0 Å². The minimum atomic E-state index is -5.67. The number of esters is 3. The highest BCUT2D eigenvalue weighted by Crippen LogP contribution is 2.56. The van der Waals surface area contributed by atoms with Crippen LogP contribution in [0.1, 0.15) is 13.3 Å². The Morgan fingerprint density at radius 2 is 1.93 bits per heavy atom. The molecule has 2 bridgehead atoms. The Morgan fingerprint density at radius 3 is 2.52 bits per heavy atom. The van der Waals surface area contributed by atoms with Crippen molar-refractivity contribution in [2.75, 3.05) is 13.2 Å². The Bertz CT molecular complexity index is 854. The molecule has 162 valence electrons. The molecule has 1 N–H and O–H groups in total. The van der Waals surface area contributed by atoms with E-state index >= 15 is 0 Å². The summed E-state index contributed by atoms with van der Waals surface area (Å²) in [5.74, 6) is -3.51. The maximum Gasteiger partial charge on any atom is 0.392 e. The SMILES string of the molecule is C=C(COCC(F)(F)S(=O)(=O)O)C(=O)OC1C2CC3C1OC(=O)C3C2OC(C)=O. The van der Waals surface area contributed by atoms with Gasteiger partial charge in [-0.1, -0.05) is 6.58 Å². The van der Waals surface area contributed by atoms with Gasteiger partial charge in [-0.25, -0.2) is 4.79 Å². The van der Waals surface area contributed by atoms with Crippen molar-refractivity contribution in [3.05, 3.63) is 12.2 Å². The summed E-state index contributed by atoms with van der Waals surface area (Å²) in [7, 11) is -5.67. The lowest BCUT2D eigenvalue weighted by Crippen LogP contribution is -2.45. The number of hydrogen-bond acceptors (Lipinski definition) is 9. The molecule has 0 amide bonds. The van der Waals surface area contributed by atoms with Crippen molar-refractivity contribution in [2.45, 2.75) is 36.9 Å². The molecule has 3 rings (SSSR count). The fourth-order valence-corrected chi connectivity index (χ4v) is 4.30. The van der Waals surface area contributed by atoms with E-state index in [1.807, 2.05) is 0 Å². The van der Waals surface area contributed by atoms with Gasteiger partial charge in [-0.2, -0.15) is 17.2 Å². The maximum absolute atomic E-state index is 13.1. The van der Waals surface area contributed by atoms with Crippen LogP contribution < -0.4 is 0 Å². The van der Waals surface area contributed by atoms with Crippen LogP contribution in [-0.2, 0) is 43.4 Å². The first-order chi connectivity index (χ1) is 13.3. The van der Waals surface area contributed by atoms with Crippen molar-refractivity contribution in [3.8, 4) is 0 Å². The average molecular weight is 440 g/mol. The lowest BCUT2D eigenvalue weighted by Gasteiger charge is -2.31. The second-order valence-electron chi connectivity index (χ2n) is 7.14. The Hall–Kier alpha value is -2.12. The number of carbonyl (C=O) groups is 3. The number of hydrogen-bond donors (Lipinski definition) is 1. The average Bonchev–Trinajstić information content (AvgIpc) is 3.17. The minimum Gasteiger partial charge on any atom is -0.461 e. The molecule has 6 unspecified atom stereocenters. The lowest BCUT2D eigenvalue weighted by atomic mass is 9.85. The number of carbonyl (C=O) groups excluding carboxylic acids is 3. The summed E-state index contributed by atoms with van der Waals surface area (Å²) in [6, 6.07) is 0. The second-order valence-corrected chi connectivity index (χ2v) is 8.69. The van der Waals surface area contributed by atoms with Gasteiger partial charge in [-0.05, 0) is 6.42 Å². The predicted octanol–water partition coefficient (Wildman–Crippen LogP) is 0.0746. The van der Waals surface area contributed by atoms with Crippen molar-refractivity contribution in [1.82, 2.24) is 0 Å². The molecule has 1 aliphatic heterocycles. The number of alkyl halides is 2. The molecule has 0 spiro atoms. The van der Waals surface area contributed by atoms with Crippen LogP contribution >= 0.6 is 0 Å². The van der Waals surface area contributed by atoms with Crippen molar-refractivity contribution >= 4 is 28.0 Å². The summed E-state index contributed by atoms with van der Waals surface area (Å²) in [5, 5.41) is -4.55. The summed E-state index contributed by atoms with van der Waals surface area (Å²) in [5.41, 5.74) is -0.399. The molecule has 2 aliphatic carbocycles. The van der Waals surface area contributed by atoms with Gasteiger partial charge in [0.05, 0.1) is 12.2 Å². The predicted molar refractivity (Wildman–Crippen MR) is 86.9 cm³/mol. The zero-order valence-corrected chi connectivity index (χ0v) is 15.9. The molecule has 0 aromatic carbocycles. The van der Waals surface area contributed by atoms with E-state index in [9.17, 15) is 31.6 Å². The molecular weight excluding hydrogens is 422 g/mol. The van der Waals surface area contributed by atoms with E-state index in [4.69, 9.17) is 18.8 Å². The molecule has 1 saturated heterocycles. The fourth-order valence-electron chi connectivity index (χ4n) is 4.07. The Kier molecular flexibility index (Phi) is 5.43. The highest BCUT2D eigenvalue weighted by Gasteiger charge is 2.69. The van der Waals surface area contributed by atoms with E-state index in [0.717, 1.165) is 0 Å². The van der Waals surface area contributed by atoms with Crippen LogP contribution in [0, 0.1) is 17.8 Å². The van der Waals surface area contributed by atoms with E-state index in [0.29, 0.717) is 6.42 Å². The van der Waals surface area contributed by atoms with Gasteiger partial charge in [0.15, 0.2) is 0 Å². The van der Waals surface area contributed by atoms with Gasteiger partial charge in [0.1, 0.15) is 30.8 Å². The van der Waals surface area contributed by atoms with E-state index in [2.05, 4.69) is 11.3 Å². The van der Waals surface area contributed by atoms with Gasteiger partial charge in [0.2, 0.25) is 0 Å². The molecule has 29 heavy (non-hydrogen) atoms. The van der Waals surface area contributed by atoms with E-state index in [1.165, 1.54) is 6.92 Å². The monoisotopic (exact) mass is 440 g/mol. The van der Waals surface area contributed by atoms with Crippen LogP contribution in [0.25, 0.3) is 0 Å². The summed E-state index contributed by atoms with van der Waals surface area (Å²) in [6.07, 6.45) is -1.96. The normalized spacial score (nSPS) is 32.8. The third kappa shape index (κ3) is 3.85. The zero-order valence-electron chi connectivity index (χ0n) is 15.1. The van der Waals surface area contributed by atoms with E-state index in [-0.39, 0.29) is 5.92 Å². The molecule has 3 fully saturated rings. The number of fused-ring (bicyclic) bond motifs is 1. The Balaban J connectivity index is 1.59. The van der Waals surface area contributed by atoms with Crippen molar-refractivity contribution < 1.29 is 55.1 Å². The maximum atomic E-state index is 13.1. The summed E-state index contributed by atoms with van der Waals surface area (Å²) >= 11 is 0. The summed E-state index contributed by atoms with van der Waals surface area (Å²) < 4.78 is 75.8. The third-order valence-corrected chi connectivity index (χ3v) is 6.10. The Labute approximate surface area is 163 Å². The van der Waals surface area contributed by atoms with Gasteiger partial charge in [-0.15, -0.1) is 0 Å². The lowest BCUT2D eigenvalue weighted by molar-refractivity contribution is -0.164. The van der Waals surface area contributed by atoms with Crippen LogP contribution in [0.3, 0.4) is 0 Å². The van der Waals surface area contributed by atoms with Crippen molar-refractivity contribution in [2.24, 2.45) is 17.8 Å². The molecule has 13 heteroatoms. The third-order valence-electron chi connectivity index (χ3n) is 5.23. The highest BCUT2D eigenvalue weighted by molar-refractivity contribution is 7.86. The van der Waals surface area contributed by atoms with Gasteiger partial charge in [-0.3, -0.25) is 14.1 Å². The van der Waals surface area contributed by atoms with E-state index < -0.39 is 82.2 Å². The van der Waals surface area contributed by atoms with Crippen LogP contribution in [0.5, 0.6) is 0 Å². The molecular formula is C16H18F2O10S. The van der Waals surface area contributed by atoms with Crippen LogP contribution in [0.4, 0.5) is 8.78 Å². The highest BCUT2D eigenvalue weighted by atomic mass is 32.2. The quantitative estimate of drug-likeness (QED) is 0.238. The second kappa shape index (κ2) is 7.29. The van der Waals surface area contributed by atoms with Gasteiger partial charge in [0, 0.05) is 18.8 Å². The molecule has 0 aromatic heterocycles. The Morgan fingerprint density at radius 1 is 1.28 bits per heavy atom. The number of halogens is 2. The summed E-state index contributed by atoms with van der Waals surface area (Å²) in [6.45, 7) is 2.04. The molecule has 3 aliphatic rings. The number of rotatable bonds is 8. The van der Waals surface area contributed by atoms with Gasteiger partial charge in [0.25, 0.3) is 0 Å². The molecule has 10 nitrogen and oxygen atoms in total. The fraction of sp³-hybridized carbons (Fsp3) is 0.688. The topological polar surface area (TPSA) is 143 Å². The largest absolute Gasteiger partial charge is 0.461 e. The molecule has 1 heterocycles. The zero-order chi connectivity index (χ0) is 21.7. The molecule has 0 radical (unpaired) electrons. The first-order valence-electron chi connectivity index (χ1n) is 8.52. The van der Waals surface area contributed by atoms with Gasteiger partial charge >= 0.3 is 33.3 Å². The summed E-state index contributed by atoms with van der Waals surface area (Å²) in [4.78, 5) is 35.6. The molecule has 0 aromatic rings. The minimum absolute atomic E-state index is 0.271. The first kappa shape index (κ1) is 21.6. The smallest absolute Gasteiger partial charge is 0.392 e. The van der Waals surface area contributed by atoms with Crippen LogP contribution in [0.2, 0.25) is 0 Å². The van der Waals surface area contributed by atoms with Crippen molar-refractivity contribution in [3.63, 3.8) is 0 Å². The van der Waals surface area contributed by atoms with Gasteiger partial charge < -0.3 is 18.9 Å². The standard InChI is InChI=1S/C16H18F2O10S/c1-6(4-25-5-16(17,18)29(22,23)24)14(20)27-13-9-3-8-10(11(9)26-7(2)19)15(21)28-12(8)13/h8-13H,1,3-5H2,2H3,(H,22,23,24). The first-order valence-corrected chi connectivity index (χ1v) is 9.96. The molecule has 6 atom stereocenters. The van der Waals surface area contributed by atoms with Crippen LogP contribution in [0.15, 0.2) is 12.2 Å². The van der Waals surface area contributed by atoms with Crippen LogP contribution in [-0.4, -0.2) is 67.7 Å². The number of ether oxygens (including phenoxy) is 4. The molecule has 2 saturated carbocycles. The van der Waals surface area contributed by atoms with Crippen molar-refractivity contribution in [1.29, 1.82) is 0 Å².